The van der Waals surface area contributed by atoms with Crippen molar-refractivity contribution in [3.8, 4) is 5.75 Å². The molecule has 0 saturated carbocycles. The van der Waals surface area contributed by atoms with E-state index in [4.69, 9.17) is 52.1 Å². The van der Waals surface area contributed by atoms with Crippen molar-refractivity contribution in [2.45, 2.75) is 101 Å². The molecule has 0 amide bonds. The Morgan fingerprint density at radius 2 is 0.773 bits per heavy atom. The molecule has 2 fully saturated rings. The highest BCUT2D eigenvalue weighted by atomic mass is 16.8. The number of hydrogen-bond acceptors (Lipinski definition) is 13. The molecule has 0 aromatic heterocycles. The van der Waals surface area contributed by atoms with Gasteiger partial charge in [0.1, 0.15) is 48.5 Å². The van der Waals surface area contributed by atoms with Crippen molar-refractivity contribution in [2.24, 2.45) is 0 Å². The van der Waals surface area contributed by atoms with Gasteiger partial charge in [0.15, 0.2) is 18.7 Å². The average molecular weight is 1020 g/mol. The quantitative estimate of drug-likeness (QED) is 0.0544. The third-order valence-corrected chi connectivity index (χ3v) is 13.0. The highest BCUT2D eigenvalue weighted by Gasteiger charge is 2.55. The van der Waals surface area contributed by atoms with E-state index in [0.717, 1.165) is 33.4 Å². The van der Waals surface area contributed by atoms with E-state index in [1.165, 1.54) is 0 Å². The van der Waals surface area contributed by atoms with Crippen LogP contribution in [0.5, 0.6) is 5.75 Å². The molecule has 0 radical (unpaired) electrons. The van der Waals surface area contributed by atoms with Gasteiger partial charge in [0.25, 0.3) is 0 Å². The van der Waals surface area contributed by atoms with Crippen molar-refractivity contribution in [1.82, 2.24) is 0 Å². The lowest BCUT2D eigenvalue weighted by molar-refractivity contribution is -0.376. The Labute approximate surface area is 438 Å². The zero-order valence-corrected chi connectivity index (χ0v) is 41.9. The Balaban J connectivity index is 1.09. The summed E-state index contributed by atoms with van der Waals surface area (Å²) in [6, 6.07) is 65.1. The molecule has 2 aliphatic heterocycles. The van der Waals surface area contributed by atoms with Crippen LogP contribution in [0.3, 0.4) is 0 Å². The van der Waals surface area contributed by atoms with Crippen molar-refractivity contribution in [2.75, 3.05) is 20.3 Å². The molecule has 0 spiro atoms. The summed E-state index contributed by atoms with van der Waals surface area (Å²) in [5.74, 6) is -0.0462. The number of rotatable bonds is 25. The second-order valence-electron chi connectivity index (χ2n) is 18.4. The van der Waals surface area contributed by atoms with Gasteiger partial charge in [-0.05, 0) is 57.6 Å². The Morgan fingerprint density at radius 3 is 1.19 bits per heavy atom. The lowest BCUT2D eigenvalue weighted by atomic mass is 9.96. The number of benzene rings is 7. The summed E-state index contributed by atoms with van der Waals surface area (Å²) < 4.78 is 72.8. The molecule has 1 N–H and O–H groups in total. The lowest BCUT2D eigenvalue weighted by Gasteiger charge is -2.49. The molecule has 2 aliphatic rings. The first-order valence-corrected chi connectivity index (χ1v) is 25.3. The van der Waals surface area contributed by atoms with Gasteiger partial charge in [-0.25, -0.2) is 4.79 Å². The molecule has 75 heavy (non-hydrogen) atoms. The third-order valence-electron chi connectivity index (χ3n) is 13.0. The van der Waals surface area contributed by atoms with Crippen LogP contribution in [0, 0.1) is 0 Å². The average Bonchev–Trinajstić information content (AvgIpc) is 3.46. The van der Waals surface area contributed by atoms with Gasteiger partial charge in [0.2, 0.25) is 0 Å². The Morgan fingerprint density at radius 1 is 0.413 bits per heavy atom. The monoisotopic (exact) mass is 1020 g/mol. The number of ether oxygens (including phenoxy) is 11. The molecule has 0 unspecified atom stereocenters. The Hall–Kier alpha value is -6.59. The molecular weight excluding hydrogens is 953 g/mol. The summed E-state index contributed by atoms with van der Waals surface area (Å²) in [6.45, 7) is 1.06. The molecule has 13 nitrogen and oxygen atoms in total. The number of methoxy groups -OCH3 is 1. The fourth-order valence-electron chi connectivity index (χ4n) is 9.07. The molecule has 13 heteroatoms. The van der Waals surface area contributed by atoms with Crippen LogP contribution < -0.4 is 4.74 Å². The van der Waals surface area contributed by atoms with E-state index in [2.05, 4.69) is 0 Å². The molecule has 7 aromatic carbocycles. The van der Waals surface area contributed by atoms with Crippen LogP contribution in [0.25, 0.3) is 0 Å². The second-order valence-corrected chi connectivity index (χ2v) is 18.4. The van der Waals surface area contributed by atoms with Crippen molar-refractivity contribution in [3.05, 3.63) is 245 Å². The highest BCUT2D eigenvalue weighted by Crippen LogP contribution is 2.36. The summed E-state index contributed by atoms with van der Waals surface area (Å²) in [5.41, 5.74) is 5.72. The van der Waals surface area contributed by atoms with Gasteiger partial charge in [-0.2, -0.15) is 0 Å². The van der Waals surface area contributed by atoms with Gasteiger partial charge in [0, 0.05) is 0 Å². The Bertz CT molecular complexity index is 2700. The number of carbonyl (C=O) groups is 1. The number of hydrogen-bond donors (Lipinski definition) is 1. The van der Waals surface area contributed by atoms with E-state index in [1.807, 2.05) is 182 Å². The minimum atomic E-state index is -1.59. The van der Waals surface area contributed by atoms with Crippen LogP contribution in [0.15, 0.2) is 206 Å². The van der Waals surface area contributed by atoms with Gasteiger partial charge in [-0.1, -0.05) is 182 Å². The maximum absolute atomic E-state index is 14.3. The van der Waals surface area contributed by atoms with Crippen molar-refractivity contribution < 1.29 is 62.0 Å². The fraction of sp³-hybridized carbons (Fsp3) is 0.306. The minimum Gasteiger partial charge on any atom is -0.497 e. The summed E-state index contributed by atoms with van der Waals surface area (Å²) in [6.07, 6.45) is -11.1. The highest BCUT2D eigenvalue weighted by molar-refractivity contribution is 5.89. The molecular formula is C62H64O13. The predicted molar refractivity (Wildman–Crippen MR) is 279 cm³/mol. The van der Waals surface area contributed by atoms with Crippen LogP contribution >= 0.6 is 0 Å². The zero-order chi connectivity index (χ0) is 51.4. The summed E-state index contributed by atoms with van der Waals surface area (Å²) in [4.78, 5) is 14.3. The van der Waals surface area contributed by atoms with Crippen molar-refractivity contribution in [1.29, 1.82) is 0 Å². The van der Waals surface area contributed by atoms with Crippen LogP contribution in [-0.2, 0) is 87.0 Å². The predicted octanol–water partition coefficient (Wildman–Crippen LogP) is 9.82. The maximum Gasteiger partial charge on any atom is 0.338 e. The van der Waals surface area contributed by atoms with E-state index < -0.39 is 67.4 Å². The van der Waals surface area contributed by atoms with E-state index in [9.17, 15) is 9.90 Å². The van der Waals surface area contributed by atoms with E-state index in [1.54, 1.807) is 31.4 Å². The fourth-order valence-corrected chi connectivity index (χ4v) is 9.07. The molecule has 0 bridgehead atoms. The first-order valence-electron chi connectivity index (χ1n) is 25.3. The van der Waals surface area contributed by atoms with Gasteiger partial charge >= 0.3 is 5.97 Å². The van der Waals surface area contributed by atoms with E-state index >= 15 is 0 Å². The van der Waals surface area contributed by atoms with Gasteiger partial charge < -0.3 is 57.2 Å². The van der Waals surface area contributed by atoms with Crippen LogP contribution in [0.1, 0.15) is 43.7 Å². The topological polar surface area (TPSA) is 139 Å². The normalized spacial score (nSPS) is 23.5. The van der Waals surface area contributed by atoms with E-state index in [-0.39, 0.29) is 51.8 Å². The summed E-state index contributed by atoms with van der Waals surface area (Å²) in [7, 11) is 1.56. The maximum atomic E-state index is 14.3. The molecule has 2 saturated heterocycles. The standard InChI is InChI=1S/C62H64O13/c1-65-51-34-32-50(33-35-51)60(63)74-55-53(43-67-37-45-22-10-3-11-23-45)73-62(59(71-41-49-30-18-7-19-31-49)57(55)70-40-48-28-16-6-17-29-48)75-58-56(69-39-47-26-14-5-15-27-47)54(68-38-46-24-12-4-13-25-46)52(72-61(58)64)42-66-36-44-20-8-2-9-21-44/h2-35,52-59,61-62,64H,36-43H2,1H3/t52-,53-,54-,55-,56+,57+,58-,59+,61+,62+/m1/s1. The number of carbonyl (C=O) groups excluding carboxylic acids is 1. The number of esters is 1. The molecule has 7 aromatic rings. The van der Waals surface area contributed by atoms with Gasteiger partial charge in [-0.15, -0.1) is 0 Å². The summed E-state index contributed by atoms with van der Waals surface area (Å²) >= 11 is 0. The van der Waals surface area contributed by atoms with Gasteiger partial charge in [0.05, 0.1) is 65.5 Å². The van der Waals surface area contributed by atoms with Crippen LogP contribution in [0.4, 0.5) is 0 Å². The number of aliphatic hydroxyl groups is 1. The number of aliphatic hydroxyl groups excluding tert-OH is 1. The SMILES string of the molecule is COc1ccc(C(=O)O[C@H]2[C@H](OCc3ccccc3)[C@H](OCc3ccccc3)[C@H](O[C@@H]3[C@@H](OCc4ccccc4)[C@H](OCc4ccccc4)[C@@H](COCc4ccccc4)O[C@@H]3O)O[C@@H]2COCc2ccccc2)cc1. The van der Waals surface area contributed by atoms with Crippen molar-refractivity contribution in [3.63, 3.8) is 0 Å². The largest absolute Gasteiger partial charge is 0.497 e. The molecule has 2 heterocycles. The van der Waals surface area contributed by atoms with Crippen LogP contribution in [-0.4, -0.2) is 92.8 Å². The molecule has 10 atom stereocenters. The first kappa shape index (κ1) is 53.2. The third kappa shape index (κ3) is 15.3. The molecule has 0 aliphatic carbocycles. The summed E-state index contributed by atoms with van der Waals surface area (Å²) in [5, 5.41) is 12.4. The molecule has 390 valence electrons. The zero-order valence-electron chi connectivity index (χ0n) is 41.9. The second kappa shape index (κ2) is 27.8. The van der Waals surface area contributed by atoms with Gasteiger partial charge in [-0.3, -0.25) is 0 Å². The smallest absolute Gasteiger partial charge is 0.338 e. The minimum absolute atomic E-state index is 0.0591. The van der Waals surface area contributed by atoms with E-state index in [0.29, 0.717) is 12.4 Å². The first-order chi connectivity index (χ1) is 37.0. The van der Waals surface area contributed by atoms with Crippen molar-refractivity contribution >= 4 is 5.97 Å². The lowest BCUT2D eigenvalue weighted by Crippen LogP contribution is -2.66. The molecule has 9 rings (SSSR count). The Kier molecular flexibility index (Phi) is 19.7. The van der Waals surface area contributed by atoms with Crippen LogP contribution in [0.2, 0.25) is 0 Å².